The average Bonchev–Trinajstić information content (AvgIpc) is 2.52. The van der Waals surface area contributed by atoms with Crippen molar-refractivity contribution in [2.75, 3.05) is 20.8 Å². The predicted molar refractivity (Wildman–Crippen MR) is 68.7 cm³/mol. The molecular formula is C13H26N2O2. The minimum atomic E-state index is 0.00167. The molecular weight excluding hydrogens is 216 g/mol. The first-order valence-corrected chi connectivity index (χ1v) is 6.59. The lowest BCUT2D eigenvalue weighted by atomic mass is 9.93. The summed E-state index contributed by atoms with van der Waals surface area (Å²) in [5.74, 6) is 0.186. The van der Waals surface area contributed by atoms with E-state index in [0.29, 0.717) is 6.61 Å². The van der Waals surface area contributed by atoms with Gasteiger partial charge in [-0.25, -0.2) is 0 Å². The van der Waals surface area contributed by atoms with Crippen LogP contribution < -0.4 is 5.73 Å². The number of nitrogens with zero attached hydrogens (tertiary/aromatic N) is 1. The van der Waals surface area contributed by atoms with E-state index in [2.05, 4.69) is 0 Å². The van der Waals surface area contributed by atoms with Gasteiger partial charge in [-0.15, -0.1) is 0 Å². The summed E-state index contributed by atoms with van der Waals surface area (Å²) in [4.78, 5) is 14.2. The number of rotatable bonds is 4. The van der Waals surface area contributed by atoms with Crippen LogP contribution in [-0.4, -0.2) is 43.7 Å². The van der Waals surface area contributed by atoms with Gasteiger partial charge in [-0.2, -0.15) is 0 Å². The summed E-state index contributed by atoms with van der Waals surface area (Å²) < 4.78 is 5.09. The first-order valence-electron chi connectivity index (χ1n) is 6.59. The highest BCUT2D eigenvalue weighted by Gasteiger charge is 2.30. The van der Waals surface area contributed by atoms with Gasteiger partial charge >= 0.3 is 0 Å². The van der Waals surface area contributed by atoms with Crippen LogP contribution in [-0.2, 0) is 9.53 Å². The van der Waals surface area contributed by atoms with E-state index in [1.807, 2.05) is 14.0 Å². The van der Waals surface area contributed by atoms with Crippen molar-refractivity contribution in [2.45, 2.75) is 51.1 Å². The van der Waals surface area contributed by atoms with E-state index in [-0.39, 0.29) is 23.9 Å². The van der Waals surface area contributed by atoms with Gasteiger partial charge in [0, 0.05) is 20.2 Å². The number of likely N-dealkylation sites (N-methyl/N-ethyl adjacent to an activating group) is 1. The first-order chi connectivity index (χ1) is 8.07. The summed E-state index contributed by atoms with van der Waals surface area (Å²) in [7, 11) is 3.51. The molecule has 2 N–H and O–H groups in total. The lowest BCUT2D eigenvalue weighted by molar-refractivity contribution is -0.137. The second-order valence-electron chi connectivity index (χ2n) is 5.16. The fraction of sp³-hybridized carbons (Fsp3) is 0.923. The van der Waals surface area contributed by atoms with Crippen molar-refractivity contribution in [1.29, 1.82) is 0 Å². The molecule has 0 radical (unpaired) electrons. The Labute approximate surface area is 104 Å². The molecule has 1 aliphatic carbocycles. The largest absolute Gasteiger partial charge is 0.383 e. The monoisotopic (exact) mass is 242 g/mol. The fourth-order valence-corrected chi connectivity index (χ4v) is 2.47. The number of amides is 1. The van der Waals surface area contributed by atoms with Crippen LogP contribution in [0.5, 0.6) is 0 Å². The molecule has 1 rings (SSSR count). The Hall–Kier alpha value is -0.610. The number of hydrogen-bond donors (Lipinski definition) is 1. The molecule has 17 heavy (non-hydrogen) atoms. The zero-order chi connectivity index (χ0) is 12.8. The predicted octanol–water partition coefficient (Wildman–Crippen LogP) is 1.39. The van der Waals surface area contributed by atoms with Crippen LogP contribution >= 0.6 is 0 Å². The molecule has 0 aromatic rings. The van der Waals surface area contributed by atoms with Crippen LogP contribution in [0.4, 0.5) is 0 Å². The summed E-state index contributed by atoms with van der Waals surface area (Å²) >= 11 is 0. The average molecular weight is 242 g/mol. The summed E-state index contributed by atoms with van der Waals surface area (Å²) in [6.07, 6.45) is 5.39. The van der Waals surface area contributed by atoms with Gasteiger partial charge in [0.25, 0.3) is 0 Å². The Bertz CT molecular complexity index is 246. The van der Waals surface area contributed by atoms with E-state index < -0.39 is 0 Å². The second-order valence-corrected chi connectivity index (χ2v) is 5.16. The Kier molecular flexibility index (Phi) is 5.92. The molecule has 0 bridgehead atoms. The van der Waals surface area contributed by atoms with Crippen LogP contribution in [0.15, 0.2) is 0 Å². The van der Waals surface area contributed by atoms with Crippen molar-refractivity contribution in [3.8, 4) is 0 Å². The number of ether oxygens (including phenoxy) is 1. The summed E-state index contributed by atoms with van der Waals surface area (Å²) in [6, 6.07) is 0.144. The Morgan fingerprint density at radius 1 is 1.41 bits per heavy atom. The van der Waals surface area contributed by atoms with Gasteiger partial charge in [-0.3, -0.25) is 4.79 Å². The summed E-state index contributed by atoms with van der Waals surface area (Å²) in [5, 5.41) is 0. The van der Waals surface area contributed by atoms with Gasteiger partial charge in [0.1, 0.15) is 0 Å². The highest BCUT2D eigenvalue weighted by molar-refractivity contribution is 5.79. The fourth-order valence-electron chi connectivity index (χ4n) is 2.47. The van der Waals surface area contributed by atoms with E-state index in [0.717, 1.165) is 25.7 Å². The van der Waals surface area contributed by atoms with Gasteiger partial charge in [-0.05, 0) is 19.8 Å². The van der Waals surface area contributed by atoms with Crippen molar-refractivity contribution in [1.82, 2.24) is 4.90 Å². The van der Waals surface area contributed by atoms with Crippen LogP contribution in [0.3, 0.4) is 0 Å². The smallest absolute Gasteiger partial charge is 0.227 e. The highest BCUT2D eigenvalue weighted by Crippen LogP contribution is 2.24. The SMILES string of the molecule is COCC(C)N(C)C(=O)C1CCCCCC1N. The molecule has 4 nitrogen and oxygen atoms in total. The molecule has 0 aromatic carbocycles. The first kappa shape index (κ1) is 14.5. The zero-order valence-electron chi connectivity index (χ0n) is 11.3. The lowest BCUT2D eigenvalue weighted by Gasteiger charge is -2.30. The van der Waals surface area contributed by atoms with E-state index in [1.165, 1.54) is 6.42 Å². The van der Waals surface area contributed by atoms with Crippen molar-refractivity contribution in [3.63, 3.8) is 0 Å². The van der Waals surface area contributed by atoms with Gasteiger partial charge in [-0.1, -0.05) is 19.3 Å². The number of hydrogen-bond acceptors (Lipinski definition) is 3. The molecule has 100 valence electrons. The molecule has 4 heteroatoms. The number of carbonyl (C=O) groups is 1. The van der Waals surface area contributed by atoms with Gasteiger partial charge in [0.2, 0.25) is 5.91 Å². The molecule has 0 spiro atoms. The van der Waals surface area contributed by atoms with Crippen molar-refractivity contribution >= 4 is 5.91 Å². The van der Waals surface area contributed by atoms with Crippen LogP contribution in [0.1, 0.15) is 39.0 Å². The molecule has 3 unspecified atom stereocenters. The molecule has 0 saturated heterocycles. The van der Waals surface area contributed by atoms with Gasteiger partial charge in [0.05, 0.1) is 18.6 Å². The molecule has 1 aliphatic rings. The summed E-state index contributed by atoms with van der Waals surface area (Å²) in [5.41, 5.74) is 6.11. The highest BCUT2D eigenvalue weighted by atomic mass is 16.5. The Morgan fingerprint density at radius 3 is 2.71 bits per heavy atom. The number of carbonyl (C=O) groups excluding carboxylic acids is 1. The molecule has 1 fully saturated rings. The number of methoxy groups -OCH3 is 1. The molecule has 0 aliphatic heterocycles. The molecule has 3 atom stereocenters. The second kappa shape index (κ2) is 6.97. The van der Waals surface area contributed by atoms with E-state index >= 15 is 0 Å². The normalized spacial score (nSPS) is 27.3. The Balaban J connectivity index is 2.59. The summed E-state index contributed by atoms with van der Waals surface area (Å²) in [6.45, 7) is 2.58. The topological polar surface area (TPSA) is 55.6 Å². The van der Waals surface area contributed by atoms with E-state index in [4.69, 9.17) is 10.5 Å². The third-order valence-corrected chi connectivity index (χ3v) is 3.80. The third-order valence-electron chi connectivity index (χ3n) is 3.80. The van der Waals surface area contributed by atoms with Crippen molar-refractivity contribution in [3.05, 3.63) is 0 Å². The molecule has 0 aromatic heterocycles. The lowest BCUT2D eigenvalue weighted by Crippen LogP contribution is -2.46. The quantitative estimate of drug-likeness (QED) is 0.758. The van der Waals surface area contributed by atoms with Crippen LogP contribution in [0.25, 0.3) is 0 Å². The van der Waals surface area contributed by atoms with Crippen molar-refractivity contribution in [2.24, 2.45) is 11.7 Å². The minimum Gasteiger partial charge on any atom is -0.383 e. The Morgan fingerprint density at radius 2 is 2.06 bits per heavy atom. The maximum absolute atomic E-state index is 12.4. The standard InChI is InChI=1S/C13H26N2O2/c1-10(9-17-3)15(2)13(16)11-7-5-4-6-8-12(11)14/h10-12H,4-9,14H2,1-3H3. The molecule has 1 amide bonds. The van der Waals surface area contributed by atoms with Crippen LogP contribution in [0.2, 0.25) is 0 Å². The van der Waals surface area contributed by atoms with Crippen LogP contribution in [0, 0.1) is 5.92 Å². The van der Waals surface area contributed by atoms with Gasteiger partial charge < -0.3 is 15.4 Å². The maximum atomic E-state index is 12.4. The van der Waals surface area contributed by atoms with E-state index in [1.54, 1.807) is 12.0 Å². The van der Waals surface area contributed by atoms with Crippen molar-refractivity contribution < 1.29 is 9.53 Å². The maximum Gasteiger partial charge on any atom is 0.227 e. The zero-order valence-corrected chi connectivity index (χ0v) is 11.3. The van der Waals surface area contributed by atoms with Gasteiger partial charge in [0.15, 0.2) is 0 Å². The van der Waals surface area contributed by atoms with E-state index in [9.17, 15) is 4.79 Å². The molecule has 1 saturated carbocycles. The third kappa shape index (κ3) is 3.96. The number of nitrogens with two attached hydrogens (primary N) is 1. The molecule has 0 heterocycles. The minimum absolute atomic E-state index is 0.00167.